The molecule has 0 bridgehead atoms. The van der Waals surface area contributed by atoms with Gasteiger partial charge in [-0.25, -0.2) is 8.42 Å². The van der Waals surface area contributed by atoms with Crippen molar-refractivity contribution in [3.63, 3.8) is 0 Å². The third-order valence-electron chi connectivity index (χ3n) is 3.77. The van der Waals surface area contributed by atoms with Crippen molar-refractivity contribution in [2.24, 2.45) is 5.92 Å². The normalized spacial score (nSPS) is 24.3. The highest BCUT2D eigenvalue weighted by atomic mass is 35.5. The largest absolute Gasteiger partial charge is 0.223 e. The maximum atomic E-state index is 12.6. The minimum atomic E-state index is -3.50. The van der Waals surface area contributed by atoms with Gasteiger partial charge in [0, 0.05) is 10.9 Å². The molecule has 0 spiro atoms. The van der Waals surface area contributed by atoms with Gasteiger partial charge >= 0.3 is 0 Å². The van der Waals surface area contributed by atoms with Crippen LogP contribution in [0, 0.1) is 17.2 Å². The molecule has 0 saturated heterocycles. The Hall–Kier alpha value is -1.83. The van der Waals surface area contributed by atoms with Crippen molar-refractivity contribution >= 4 is 21.4 Å². The molecule has 0 heterocycles. The predicted octanol–water partition coefficient (Wildman–Crippen LogP) is 3.42. The van der Waals surface area contributed by atoms with E-state index in [1.807, 2.05) is 6.07 Å². The summed E-state index contributed by atoms with van der Waals surface area (Å²) in [5.74, 6) is -0.826. The van der Waals surface area contributed by atoms with Crippen LogP contribution in [0.15, 0.2) is 59.5 Å². The molecule has 1 saturated carbocycles. The molecule has 5 heteroatoms. The Balaban J connectivity index is 1.99. The lowest BCUT2D eigenvalue weighted by molar-refractivity contribution is 0.593. The molecule has 0 radical (unpaired) electrons. The molecule has 0 N–H and O–H groups in total. The van der Waals surface area contributed by atoms with Gasteiger partial charge in [-0.05, 0) is 29.8 Å². The van der Waals surface area contributed by atoms with Gasteiger partial charge in [0.15, 0.2) is 9.84 Å². The lowest BCUT2D eigenvalue weighted by atomic mass is 10.1. The van der Waals surface area contributed by atoms with Gasteiger partial charge in [-0.2, -0.15) is 5.26 Å². The Morgan fingerprint density at radius 2 is 1.76 bits per heavy atom. The molecule has 1 aliphatic rings. The van der Waals surface area contributed by atoms with Crippen molar-refractivity contribution in [1.29, 1.82) is 5.26 Å². The quantitative estimate of drug-likeness (QED) is 0.871. The van der Waals surface area contributed by atoms with Crippen LogP contribution < -0.4 is 0 Å². The Bertz CT molecular complexity index is 812. The van der Waals surface area contributed by atoms with Gasteiger partial charge in [0.1, 0.15) is 0 Å². The summed E-state index contributed by atoms with van der Waals surface area (Å²) in [5.41, 5.74) is 0.804. The van der Waals surface area contributed by atoms with Crippen LogP contribution in [0.2, 0.25) is 5.02 Å². The summed E-state index contributed by atoms with van der Waals surface area (Å²) in [5, 5.41) is 9.10. The second kappa shape index (κ2) is 5.18. The predicted molar refractivity (Wildman–Crippen MR) is 80.7 cm³/mol. The summed E-state index contributed by atoms with van der Waals surface area (Å²) in [6, 6.07) is 17.4. The molecule has 0 aromatic heterocycles. The van der Waals surface area contributed by atoms with Gasteiger partial charge in [0.2, 0.25) is 0 Å². The molecular weight excluding hydrogens is 306 g/mol. The van der Waals surface area contributed by atoms with E-state index >= 15 is 0 Å². The number of hydrogen-bond acceptors (Lipinski definition) is 3. The van der Waals surface area contributed by atoms with Crippen LogP contribution in [0.4, 0.5) is 0 Å². The number of halogens is 1. The monoisotopic (exact) mass is 317 g/mol. The van der Waals surface area contributed by atoms with Gasteiger partial charge in [-0.3, -0.25) is 0 Å². The van der Waals surface area contributed by atoms with Crippen molar-refractivity contribution in [1.82, 2.24) is 0 Å². The fourth-order valence-corrected chi connectivity index (χ4v) is 4.99. The summed E-state index contributed by atoms with van der Waals surface area (Å²) in [7, 11) is -3.50. The smallest absolute Gasteiger partial charge is 0.183 e. The third kappa shape index (κ3) is 2.44. The molecule has 1 aliphatic carbocycles. The average Bonchev–Trinajstić information content (AvgIpc) is 3.23. The highest BCUT2D eigenvalue weighted by Gasteiger charge is 2.59. The first-order valence-electron chi connectivity index (χ1n) is 6.50. The van der Waals surface area contributed by atoms with Crippen molar-refractivity contribution in [2.75, 3.05) is 0 Å². The Kier molecular flexibility index (Phi) is 3.48. The van der Waals surface area contributed by atoms with E-state index in [4.69, 9.17) is 11.6 Å². The fourth-order valence-electron chi connectivity index (χ4n) is 2.70. The Morgan fingerprint density at radius 3 is 2.38 bits per heavy atom. The summed E-state index contributed by atoms with van der Waals surface area (Å²) < 4.78 is 25.3. The third-order valence-corrected chi connectivity index (χ3v) is 6.23. The highest BCUT2D eigenvalue weighted by molar-refractivity contribution is 7.92. The fraction of sp³-hybridized carbons (Fsp3) is 0.188. The molecule has 106 valence electrons. The van der Waals surface area contributed by atoms with Crippen LogP contribution >= 0.6 is 11.6 Å². The zero-order valence-corrected chi connectivity index (χ0v) is 12.6. The summed E-state index contributed by atoms with van der Waals surface area (Å²) in [6.07, 6.45) is 0. The zero-order valence-electron chi connectivity index (χ0n) is 11.0. The van der Waals surface area contributed by atoms with Gasteiger partial charge in [0.05, 0.1) is 22.1 Å². The molecule has 3 nitrogen and oxygen atoms in total. The topological polar surface area (TPSA) is 57.9 Å². The number of benzene rings is 2. The Morgan fingerprint density at radius 1 is 1.05 bits per heavy atom. The van der Waals surface area contributed by atoms with Crippen LogP contribution in [0.3, 0.4) is 0 Å². The molecule has 3 rings (SSSR count). The van der Waals surface area contributed by atoms with Gasteiger partial charge in [-0.15, -0.1) is 0 Å². The molecule has 0 aliphatic heterocycles. The van der Waals surface area contributed by atoms with E-state index in [0.29, 0.717) is 5.02 Å². The van der Waals surface area contributed by atoms with Gasteiger partial charge < -0.3 is 0 Å². The summed E-state index contributed by atoms with van der Waals surface area (Å²) >= 11 is 5.95. The number of rotatable bonds is 3. The van der Waals surface area contributed by atoms with Crippen LogP contribution in [-0.4, -0.2) is 13.7 Å². The van der Waals surface area contributed by atoms with E-state index in [9.17, 15) is 13.7 Å². The van der Waals surface area contributed by atoms with Gasteiger partial charge in [-0.1, -0.05) is 41.9 Å². The summed E-state index contributed by atoms with van der Waals surface area (Å²) in [6.45, 7) is 0. The first-order valence-corrected chi connectivity index (χ1v) is 8.42. The standard InChI is InChI=1S/C16H12ClNO2S/c17-12-6-4-5-11(9-12)15-14(10-18)16(15)21(19,20)13-7-2-1-3-8-13/h1-9,14-16H/t14-,15-,16-/m1/s1. The van der Waals surface area contributed by atoms with Crippen LogP contribution in [0.25, 0.3) is 0 Å². The maximum absolute atomic E-state index is 12.6. The van der Waals surface area contributed by atoms with Gasteiger partial charge in [0.25, 0.3) is 0 Å². The number of nitrogens with zero attached hydrogens (tertiary/aromatic N) is 1. The first kappa shape index (κ1) is 14.1. The molecule has 0 unspecified atom stereocenters. The van der Waals surface area contributed by atoms with Crippen molar-refractivity contribution in [2.45, 2.75) is 16.1 Å². The second-order valence-electron chi connectivity index (χ2n) is 5.06. The Labute approximate surface area is 128 Å². The highest BCUT2D eigenvalue weighted by Crippen LogP contribution is 2.53. The SMILES string of the molecule is N#C[C@@H]1[C@@H](c2cccc(Cl)c2)[C@@H]1S(=O)(=O)c1ccccc1. The number of nitriles is 1. The molecular formula is C16H12ClNO2S. The van der Waals surface area contributed by atoms with E-state index < -0.39 is 21.0 Å². The van der Waals surface area contributed by atoms with Crippen molar-refractivity contribution in [3.8, 4) is 6.07 Å². The number of hydrogen-bond donors (Lipinski definition) is 0. The lowest BCUT2D eigenvalue weighted by Gasteiger charge is -2.04. The molecule has 2 aromatic carbocycles. The lowest BCUT2D eigenvalue weighted by Crippen LogP contribution is -2.10. The molecule has 2 aromatic rings. The molecule has 21 heavy (non-hydrogen) atoms. The van der Waals surface area contributed by atoms with Crippen molar-refractivity contribution < 1.29 is 8.42 Å². The van der Waals surface area contributed by atoms with Crippen LogP contribution in [-0.2, 0) is 9.84 Å². The second-order valence-corrected chi connectivity index (χ2v) is 7.60. The summed E-state index contributed by atoms with van der Waals surface area (Å²) in [4.78, 5) is 0.264. The number of sulfone groups is 1. The van der Waals surface area contributed by atoms with E-state index in [-0.39, 0.29) is 10.8 Å². The maximum Gasteiger partial charge on any atom is 0.183 e. The molecule has 3 atom stereocenters. The van der Waals surface area contributed by atoms with Crippen molar-refractivity contribution in [3.05, 3.63) is 65.2 Å². The minimum absolute atomic E-state index is 0.264. The van der Waals surface area contributed by atoms with E-state index in [2.05, 4.69) is 6.07 Å². The molecule has 1 fully saturated rings. The van der Waals surface area contributed by atoms with Crippen LogP contribution in [0.1, 0.15) is 11.5 Å². The average molecular weight is 318 g/mol. The minimum Gasteiger partial charge on any atom is -0.223 e. The molecule has 0 amide bonds. The first-order chi connectivity index (χ1) is 10.1. The van der Waals surface area contributed by atoms with E-state index in [0.717, 1.165) is 5.56 Å². The van der Waals surface area contributed by atoms with E-state index in [1.165, 1.54) is 0 Å². The van der Waals surface area contributed by atoms with E-state index in [1.54, 1.807) is 48.5 Å². The van der Waals surface area contributed by atoms with Crippen LogP contribution in [0.5, 0.6) is 0 Å². The zero-order chi connectivity index (χ0) is 15.0.